The fourth-order valence-corrected chi connectivity index (χ4v) is 3.63. The maximum absolute atomic E-state index is 13.0. The number of rotatable bonds is 4. The average Bonchev–Trinajstić information content (AvgIpc) is 3.21. The number of pyridine rings is 2. The molecule has 150 valence electrons. The Morgan fingerprint density at radius 3 is 2.53 bits per heavy atom. The van der Waals surface area contributed by atoms with Crippen molar-refractivity contribution in [2.45, 2.75) is 20.4 Å². The maximum atomic E-state index is 13.0. The van der Waals surface area contributed by atoms with E-state index in [9.17, 15) is 4.79 Å². The highest BCUT2D eigenvalue weighted by molar-refractivity contribution is 5.74. The lowest BCUT2D eigenvalue weighted by Gasteiger charge is -2.07. The first kappa shape index (κ1) is 18.1. The molecule has 8 nitrogen and oxygen atoms in total. The predicted octanol–water partition coefficient (Wildman–Crippen LogP) is 3.59. The largest absolute Gasteiger partial charge is 0.425 e. The number of aryl methyl sites for hydroxylation is 3. The second kappa shape index (κ2) is 6.84. The number of nitrogens with zero attached hydrogens (tertiary/aromatic N) is 6. The lowest BCUT2D eigenvalue weighted by molar-refractivity contribution is 0.427. The van der Waals surface area contributed by atoms with Crippen molar-refractivity contribution in [2.24, 2.45) is 7.05 Å². The quantitative estimate of drug-likeness (QED) is 0.461. The highest BCUT2D eigenvalue weighted by atomic mass is 16.5. The number of hydrogen-bond acceptors (Lipinski definition) is 5. The van der Waals surface area contributed by atoms with E-state index in [0.29, 0.717) is 24.0 Å². The van der Waals surface area contributed by atoms with Gasteiger partial charge in [-0.15, -0.1) is 0 Å². The number of fused-ring (bicyclic) bond motifs is 2. The van der Waals surface area contributed by atoms with Gasteiger partial charge in [-0.1, -0.05) is 0 Å². The summed E-state index contributed by atoms with van der Waals surface area (Å²) >= 11 is 0. The summed E-state index contributed by atoms with van der Waals surface area (Å²) < 4.78 is 11.1. The summed E-state index contributed by atoms with van der Waals surface area (Å²) in [5.41, 5.74) is 4.48. The summed E-state index contributed by atoms with van der Waals surface area (Å²) in [7, 11) is 1.86. The van der Waals surface area contributed by atoms with Gasteiger partial charge in [-0.25, -0.2) is 19.3 Å². The van der Waals surface area contributed by atoms with E-state index in [1.54, 1.807) is 19.9 Å². The van der Waals surface area contributed by atoms with Crippen LogP contribution in [-0.4, -0.2) is 28.7 Å². The molecule has 0 fully saturated rings. The fourth-order valence-electron chi connectivity index (χ4n) is 3.63. The first-order valence-corrected chi connectivity index (χ1v) is 9.71. The van der Waals surface area contributed by atoms with Gasteiger partial charge in [-0.05, 0) is 62.4 Å². The summed E-state index contributed by atoms with van der Waals surface area (Å²) in [4.78, 5) is 26.4. The van der Waals surface area contributed by atoms with Crippen molar-refractivity contribution in [3.05, 3.63) is 70.9 Å². The third-order valence-corrected chi connectivity index (χ3v) is 5.13. The van der Waals surface area contributed by atoms with Gasteiger partial charge >= 0.3 is 11.7 Å². The molecule has 1 aromatic carbocycles. The van der Waals surface area contributed by atoms with Crippen LogP contribution in [0.25, 0.3) is 28.0 Å². The van der Waals surface area contributed by atoms with E-state index in [4.69, 9.17) is 4.74 Å². The second-order valence-electron chi connectivity index (χ2n) is 7.05. The molecule has 0 aliphatic rings. The van der Waals surface area contributed by atoms with Gasteiger partial charge in [0.15, 0.2) is 11.3 Å². The molecule has 0 unspecified atom stereocenters. The van der Waals surface area contributed by atoms with Gasteiger partial charge in [-0.2, -0.15) is 4.98 Å². The first-order chi connectivity index (χ1) is 14.6. The second-order valence-corrected chi connectivity index (χ2v) is 7.05. The number of aromatic nitrogens is 6. The molecule has 0 amide bonds. The number of imidazole rings is 2. The zero-order valence-corrected chi connectivity index (χ0v) is 16.9. The molecular formula is C22H20N6O2. The topological polar surface area (TPSA) is 79.8 Å². The van der Waals surface area contributed by atoms with E-state index >= 15 is 0 Å². The van der Waals surface area contributed by atoms with E-state index in [0.717, 1.165) is 28.1 Å². The van der Waals surface area contributed by atoms with Crippen LogP contribution < -0.4 is 10.4 Å². The Morgan fingerprint density at radius 1 is 1.00 bits per heavy atom. The molecule has 0 atom stereocenters. The van der Waals surface area contributed by atoms with Crippen LogP contribution in [0.1, 0.15) is 12.6 Å². The molecule has 8 heteroatoms. The van der Waals surface area contributed by atoms with Crippen LogP contribution in [0, 0.1) is 6.92 Å². The minimum Gasteiger partial charge on any atom is -0.425 e. The molecule has 4 heterocycles. The first-order valence-electron chi connectivity index (χ1n) is 9.71. The molecule has 0 aliphatic heterocycles. The van der Waals surface area contributed by atoms with Gasteiger partial charge in [-0.3, -0.25) is 9.13 Å². The number of ether oxygens (including phenoxy) is 1. The molecule has 0 saturated carbocycles. The Labute approximate surface area is 172 Å². The fraction of sp³-hybridized carbons (Fsp3) is 0.182. The third-order valence-electron chi connectivity index (χ3n) is 5.13. The Bertz CT molecular complexity index is 1440. The minimum absolute atomic E-state index is 0.110. The lowest BCUT2D eigenvalue weighted by Crippen LogP contribution is -2.22. The average molecular weight is 400 g/mol. The van der Waals surface area contributed by atoms with Crippen LogP contribution in [0.15, 0.2) is 59.5 Å². The molecule has 0 saturated heterocycles. The molecule has 0 aliphatic carbocycles. The standard InChI is InChI=1S/C22H20N6O2/c1-4-27-18-12-7-14(2)24-20(18)28(22(27)29)15-8-10-16(11-9-15)30-21-25-17-6-5-13-23-19(17)26(21)3/h5-13H,4H2,1-3H3. The summed E-state index contributed by atoms with van der Waals surface area (Å²) in [6.45, 7) is 4.45. The Morgan fingerprint density at radius 2 is 1.80 bits per heavy atom. The minimum atomic E-state index is -0.110. The SMILES string of the molecule is CCn1c(=O)n(-c2ccc(Oc3nc4cccnc4n3C)cc2)c2nc(C)ccc21. The van der Waals surface area contributed by atoms with Crippen molar-refractivity contribution in [3.8, 4) is 17.4 Å². The van der Waals surface area contributed by atoms with Crippen molar-refractivity contribution in [3.63, 3.8) is 0 Å². The third kappa shape index (κ3) is 2.76. The van der Waals surface area contributed by atoms with Gasteiger partial charge in [0.1, 0.15) is 11.3 Å². The molecule has 0 bridgehead atoms. The molecule has 30 heavy (non-hydrogen) atoms. The summed E-state index contributed by atoms with van der Waals surface area (Å²) in [5.74, 6) is 0.619. The molecule has 5 aromatic rings. The van der Waals surface area contributed by atoms with Crippen LogP contribution in [0.4, 0.5) is 0 Å². The van der Waals surface area contributed by atoms with Crippen LogP contribution in [-0.2, 0) is 13.6 Å². The van der Waals surface area contributed by atoms with E-state index in [1.165, 1.54) is 0 Å². The number of benzene rings is 1. The molecule has 0 spiro atoms. The van der Waals surface area contributed by atoms with Crippen molar-refractivity contribution < 1.29 is 4.74 Å². The Hall–Kier alpha value is -3.94. The Kier molecular flexibility index (Phi) is 4.13. The summed E-state index contributed by atoms with van der Waals surface area (Å²) in [6.07, 6.45) is 1.73. The van der Waals surface area contributed by atoms with Crippen LogP contribution >= 0.6 is 0 Å². The van der Waals surface area contributed by atoms with Gasteiger partial charge in [0.25, 0.3) is 0 Å². The molecule has 5 rings (SSSR count). The highest BCUT2D eigenvalue weighted by Crippen LogP contribution is 2.25. The molecule has 0 radical (unpaired) electrons. The predicted molar refractivity (Wildman–Crippen MR) is 114 cm³/mol. The Balaban J connectivity index is 1.54. The van der Waals surface area contributed by atoms with Crippen molar-refractivity contribution in [1.29, 1.82) is 0 Å². The van der Waals surface area contributed by atoms with E-state index in [2.05, 4.69) is 15.0 Å². The van der Waals surface area contributed by atoms with E-state index in [1.807, 2.05) is 69.4 Å². The summed E-state index contributed by atoms with van der Waals surface area (Å²) in [5, 5.41) is 0. The van der Waals surface area contributed by atoms with Gasteiger partial charge < -0.3 is 4.74 Å². The molecular weight excluding hydrogens is 380 g/mol. The van der Waals surface area contributed by atoms with E-state index in [-0.39, 0.29) is 5.69 Å². The van der Waals surface area contributed by atoms with Crippen molar-refractivity contribution in [2.75, 3.05) is 0 Å². The zero-order valence-electron chi connectivity index (χ0n) is 16.9. The normalized spacial score (nSPS) is 11.4. The molecule has 4 aromatic heterocycles. The van der Waals surface area contributed by atoms with Gasteiger partial charge in [0.05, 0.1) is 11.2 Å². The van der Waals surface area contributed by atoms with Crippen LogP contribution in [0.3, 0.4) is 0 Å². The van der Waals surface area contributed by atoms with Crippen molar-refractivity contribution in [1.82, 2.24) is 28.7 Å². The maximum Gasteiger partial charge on any atom is 0.334 e. The van der Waals surface area contributed by atoms with Gasteiger partial charge in [0, 0.05) is 25.5 Å². The van der Waals surface area contributed by atoms with Crippen LogP contribution in [0.2, 0.25) is 0 Å². The van der Waals surface area contributed by atoms with Gasteiger partial charge in [0.2, 0.25) is 0 Å². The zero-order chi connectivity index (χ0) is 20.8. The smallest absolute Gasteiger partial charge is 0.334 e. The van der Waals surface area contributed by atoms with Crippen LogP contribution in [0.5, 0.6) is 11.8 Å². The monoisotopic (exact) mass is 400 g/mol. The highest BCUT2D eigenvalue weighted by Gasteiger charge is 2.16. The van der Waals surface area contributed by atoms with Crippen molar-refractivity contribution >= 4 is 22.3 Å². The summed E-state index contributed by atoms with van der Waals surface area (Å²) in [6, 6.07) is 15.4. The lowest BCUT2D eigenvalue weighted by atomic mass is 10.3. The molecule has 0 N–H and O–H groups in total. The number of hydrogen-bond donors (Lipinski definition) is 0. The van der Waals surface area contributed by atoms with E-state index < -0.39 is 0 Å².